The molecule has 1 heterocycles. The van der Waals surface area contributed by atoms with Crippen molar-refractivity contribution < 1.29 is 9.90 Å². The molecular formula is C9H12N2O2. The van der Waals surface area contributed by atoms with E-state index in [1.54, 1.807) is 18.5 Å². The smallest absolute Gasteiger partial charge is 0.312 e. The van der Waals surface area contributed by atoms with Gasteiger partial charge in [0.2, 0.25) is 0 Å². The molecule has 0 fully saturated rings. The maximum Gasteiger partial charge on any atom is 0.312 e. The number of carboxylic acid groups (broad SMARTS) is 1. The van der Waals surface area contributed by atoms with E-state index < -0.39 is 11.9 Å². The Labute approximate surface area is 76.4 Å². The average Bonchev–Trinajstić information content (AvgIpc) is 2.04. The molecule has 0 aromatic carbocycles. The predicted octanol–water partition coefficient (Wildman–Crippen LogP) is 0.517. The van der Waals surface area contributed by atoms with Crippen LogP contribution in [-0.4, -0.2) is 22.6 Å². The Morgan fingerprint density at radius 3 is 2.85 bits per heavy atom. The van der Waals surface area contributed by atoms with Gasteiger partial charge in [-0.3, -0.25) is 9.78 Å². The highest BCUT2D eigenvalue weighted by molar-refractivity contribution is 5.76. The highest BCUT2D eigenvalue weighted by Gasteiger charge is 2.17. The summed E-state index contributed by atoms with van der Waals surface area (Å²) in [6, 6.07) is 1.79. The summed E-state index contributed by atoms with van der Waals surface area (Å²) in [7, 11) is 0. The molecule has 0 spiro atoms. The Hall–Kier alpha value is -1.42. The van der Waals surface area contributed by atoms with Gasteiger partial charge >= 0.3 is 5.97 Å². The van der Waals surface area contributed by atoms with Crippen LogP contribution >= 0.6 is 0 Å². The fourth-order valence-corrected chi connectivity index (χ4v) is 1.15. The van der Waals surface area contributed by atoms with Gasteiger partial charge in [0.05, 0.1) is 5.92 Å². The van der Waals surface area contributed by atoms with E-state index in [1.165, 1.54) is 0 Å². The molecule has 13 heavy (non-hydrogen) atoms. The third-order valence-electron chi connectivity index (χ3n) is 1.83. The molecule has 3 N–H and O–H groups in total. The quantitative estimate of drug-likeness (QED) is 0.710. The van der Waals surface area contributed by atoms with E-state index in [1.807, 2.05) is 6.92 Å². The largest absolute Gasteiger partial charge is 0.481 e. The summed E-state index contributed by atoms with van der Waals surface area (Å²) in [5, 5.41) is 8.81. The van der Waals surface area contributed by atoms with Crippen LogP contribution in [-0.2, 0) is 4.79 Å². The van der Waals surface area contributed by atoms with Crippen LogP contribution in [0, 0.1) is 6.92 Å². The van der Waals surface area contributed by atoms with Crippen LogP contribution in [0.4, 0.5) is 0 Å². The van der Waals surface area contributed by atoms with Crippen molar-refractivity contribution in [1.29, 1.82) is 0 Å². The van der Waals surface area contributed by atoms with E-state index >= 15 is 0 Å². The summed E-state index contributed by atoms with van der Waals surface area (Å²) in [4.78, 5) is 14.7. The van der Waals surface area contributed by atoms with Gasteiger partial charge < -0.3 is 10.8 Å². The molecule has 0 aliphatic rings. The zero-order valence-electron chi connectivity index (χ0n) is 7.40. The number of carboxylic acids is 1. The second-order valence-corrected chi connectivity index (χ2v) is 2.92. The van der Waals surface area contributed by atoms with E-state index in [-0.39, 0.29) is 6.54 Å². The van der Waals surface area contributed by atoms with Gasteiger partial charge in [-0.05, 0) is 18.1 Å². The van der Waals surface area contributed by atoms with Gasteiger partial charge in [0.25, 0.3) is 0 Å². The van der Waals surface area contributed by atoms with Gasteiger partial charge in [0, 0.05) is 18.9 Å². The zero-order valence-corrected chi connectivity index (χ0v) is 7.40. The second-order valence-electron chi connectivity index (χ2n) is 2.92. The number of aromatic nitrogens is 1. The summed E-state index contributed by atoms with van der Waals surface area (Å²) in [5.41, 5.74) is 6.95. The van der Waals surface area contributed by atoms with Crippen LogP contribution in [0.25, 0.3) is 0 Å². The minimum absolute atomic E-state index is 0.0977. The Kier molecular flexibility index (Phi) is 2.97. The number of rotatable bonds is 3. The van der Waals surface area contributed by atoms with Crippen LogP contribution < -0.4 is 5.73 Å². The van der Waals surface area contributed by atoms with Crippen molar-refractivity contribution in [3.63, 3.8) is 0 Å². The highest BCUT2D eigenvalue weighted by Crippen LogP contribution is 2.14. The van der Waals surface area contributed by atoms with Crippen molar-refractivity contribution >= 4 is 5.97 Å². The van der Waals surface area contributed by atoms with Crippen LogP contribution in [0.2, 0.25) is 0 Å². The minimum Gasteiger partial charge on any atom is -0.481 e. The van der Waals surface area contributed by atoms with Crippen LogP contribution in [0.15, 0.2) is 18.5 Å². The predicted molar refractivity (Wildman–Crippen MR) is 48.4 cm³/mol. The van der Waals surface area contributed by atoms with E-state index in [0.29, 0.717) is 5.56 Å². The lowest BCUT2D eigenvalue weighted by molar-refractivity contribution is -0.138. The van der Waals surface area contributed by atoms with E-state index in [2.05, 4.69) is 4.98 Å². The molecule has 4 nitrogen and oxygen atoms in total. The molecular weight excluding hydrogens is 168 g/mol. The molecule has 0 saturated carbocycles. The summed E-state index contributed by atoms with van der Waals surface area (Å²) in [5.74, 6) is -1.55. The number of hydrogen-bond donors (Lipinski definition) is 2. The maximum atomic E-state index is 10.7. The lowest BCUT2D eigenvalue weighted by Crippen LogP contribution is -2.21. The zero-order chi connectivity index (χ0) is 9.84. The third-order valence-corrected chi connectivity index (χ3v) is 1.83. The molecule has 0 aliphatic carbocycles. The molecule has 0 aliphatic heterocycles. The molecule has 1 unspecified atom stereocenters. The van der Waals surface area contributed by atoms with Crippen LogP contribution in [0.1, 0.15) is 17.0 Å². The van der Waals surface area contributed by atoms with Crippen LogP contribution in [0.3, 0.4) is 0 Å². The first-order chi connectivity index (χ1) is 6.15. The molecule has 4 heteroatoms. The normalized spacial score (nSPS) is 12.5. The molecule has 0 amide bonds. The van der Waals surface area contributed by atoms with E-state index in [9.17, 15) is 4.79 Å². The fourth-order valence-electron chi connectivity index (χ4n) is 1.15. The molecule has 1 aromatic heterocycles. The highest BCUT2D eigenvalue weighted by atomic mass is 16.4. The average molecular weight is 180 g/mol. The van der Waals surface area contributed by atoms with Crippen molar-refractivity contribution in [2.24, 2.45) is 5.73 Å². The maximum absolute atomic E-state index is 10.7. The monoisotopic (exact) mass is 180 g/mol. The van der Waals surface area contributed by atoms with Crippen molar-refractivity contribution in [2.45, 2.75) is 12.8 Å². The van der Waals surface area contributed by atoms with Gasteiger partial charge in [-0.2, -0.15) is 0 Å². The molecule has 70 valence electrons. The molecule has 0 saturated heterocycles. The second kappa shape index (κ2) is 4.00. The van der Waals surface area contributed by atoms with Gasteiger partial charge in [0.1, 0.15) is 0 Å². The van der Waals surface area contributed by atoms with E-state index in [0.717, 1.165) is 5.56 Å². The molecule has 0 bridgehead atoms. The minimum atomic E-state index is -0.907. The van der Waals surface area contributed by atoms with Gasteiger partial charge in [-0.25, -0.2) is 0 Å². The lowest BCUT2D eigenvalue weighted by atomic mass is 10.0. The number of nitrogens with two attached hydrogens (primary N) is 1. The number of pyridine rings is 1. The van der Waals surface area contributed by atoms with Crippen molar-refractivity contribution in [1.82, 2.24) is 4.98 Å². The molecule has 1 aromatic rings. The fraction of sp³-hybridized carbons (Fsp3) is 0.333. The van der Waals surface area contributed by atoms with Gasteiger partial charge in [0.15, 0.2) is 0 Å². The number of hydrogen-bond acceptors (Lipinski definition) is 3. The summed E-state index contributed by atoms with van der Waals surface area (Å²) < 4.78 is 0. The lowest BCUT2D eigenvalue weighted by Gasteiger charge is -2.09. The first kappa shape index (κ1) is 9.67. The molecule has 1 atom stereocenters. The SMILES string of the molecule is Cc1cncc(C(CN)C(=O)O)c1. The Bertz CT molecular complexity index is 312. The summed E-state index contributed by atoms with van der Waals surface area (Å²) in [6.07, 6.45) is 3.22. The van der Waals surface area contributed by atoms with E-state index in [4.69, 9.17) is 10.8 Å². The number of aryl methyl sites for hydroxylation is 1. The van der Waals surface area contributed by atoms with Crippen molar-refractivity contribution in [2.75, 3.05) is 6.54 Å². The van der Waals surface area contributed by atoms with Crippen LogP contribution in [0.5, 0.6) is 0 Å². The molecule has 0 radical (unpaired) electrons. The standard InChI is InChI=1S/C9H12N2O2/c1-6-2-7(5-11-4-6)8(3-10)9(12)13/h2,4-5,8H,3,10H2,1H3,(H,12,13). The van der Waals surface area contributed by atoms with Crippen molar-refractivity contribution in [3.8, 4) is 0 Å². The van der Waals surface area contributed by atoms with Crippen molar-refractivity contribution in [3.05, 3.63) is 29.6 Å². The number of nitrogens with zero attached hydrogens (tertiary/aromatic N) is 1. The molecule has 1 rings (SSSR count). The summed E-state index contributed by atoms with van der Waals surface area (Å²) in [6.45, 7) is 1.96. The first-order valence-electron chi connectivity index (χ1n) is 3.99. The Morgan fingerprint density at radius 1 is 1.69 bits per heavy atom. The third kappa shape index (κ3) is 2.26. The number of aliphatic carboxylic acids is 1. The first-order valence-corrected chi connectivity index (χ1v) is 3.99. The Morgan fingerprint density at radius 2 is 2.38 bits per heavy atom. The summed E-state index contributed by atoms with van der Waals surface area (Å²) >= 11 is 0. The number of carbonyl (C=O) groups is 1. The Balaban J connectivity index is 2.98. The topological polar surface area (TPSA) is 76.2 Å². The van der Waals surface area contributed by atoms with Gasteiger partial charge in [-0.15, -0.1) is 0 Å². The van der Waals surface area contributed by atoms with Gasteiger partial charge in [-0.1, -0.05) is 6.07 Å².